The number of carbonyl (C=O) groups is 1. The van der Waals surface area contributed by atoms with Crippen LogP contribution in [-0.4, -0.2) is 32.3 Å². The lowest BCUT2D eigenvalue weighted by molar-refractivity contribution is -0.133. The molecule has 0 radical (unpaired) electrons. The minimum Gasteiger partial charge on any atom is -0.340 e. The molecule has 160 valence electrons. The van der Waals surface area contributed by atoms with E-state index in [4.69, 9.17) is 9.97 Å². The zero-order valence-electron chi connectivity index (χ0n) is 17.8. The average Bonchev–Trinajstić information content (AvgIpc) is 3.24. The molecular formula is C24H26FN5O. The highest BCUT2D eigenvalue weighted by Gasteiger charge is 2.32. The largest absolute Gasteiger partial charge is 0.340 e. The standard InChI is InChI=1S/C24H26FN5O/c1-16(2)13-23(31)30-12-4-7-21(30)24-28-20(17-8-10-26-11-9-17)15-22(29-24)27-19-6-3-5-18(25)14-19/h3,5-6,8-11,14-16,21H,4,7,12-13H2,1-2H3,(H,27,28,29)/t21-/m0/s1. The second-order valence-electron chi connectivity index (χ2n) is 8.21. The fourth-order valence-electron chi connectivity index (χ4n) is 3.86. The van der Waals surface area contributed by atoms with E-state index in [0.717, 1.165) is 24.1 Å². The molecule has 31 heavy (non-hydrogen) atoms. The van der Waals surface area contributed by atoms with E-state index in [1.54, 1.807) is 24.5 Å². The maximum atomic E-state index is 13.7. The third-order valence-electron chi connectivity index (χ3n) is 5.27. The van der Waals surface area contributed by atoms with Crippen molar-refractivity contribution in [2.75, 3.05) is 11.9 Å². The van der Waals surface area contributed by atoms with Gasteiger partial charge in [-0.2, -0.15) is 0 Å². The van der Waals surface area contributed by atoms with Crippen LogP contribution in [0.4, 0.5) is 15.9 Å². The Hall–Kier alpha value is -3.35. The van der Waals surface area contributed by atoms with Crippen LogP contribution in [0.15, 0.2) is 54.9 Å². The molecule has 0 bridgehead atoms. The van der Waals surface area contributed by atoms with Gasteiger partial charge in [-0.15, -0.1) is 0 Å². The van der Waals surface area contributed by atoms with Crippen LogP contribution in [0.3, 0.4) is 0 Å². The summed E-state index contributed by atoms with van der Waals surface area (Å²) in [6.45, 7) is 4.81. The minimum absolute atomic E-state index is 0.134. The van der Waals surface area contributed by atoms with E-state index in [1.165, 1.54) is 12.1 Å². The van der Waals surface area contributed by atoms with Gasteiger partial charge >= 0.3 is 0 Å². The number of nitrogens with zero attached hydrogens (tertiary/aromatic N) is 4. The predicted molar refractivity (Wildman–Crippen MR) is 118 cm³/mol. The van der Waals surface area contributed by atoms with Gasteiger partial charge in [0, 0.05) is 42.7 Å². The van der Waals surface area contributed by atoms with Gasteiger partial charge in [0.15, 0.2) is 5.82 Å². The first-order chi connectivity index (χ1) is 15.0. The van der Waals surface area contributed by atoms with Gasteiger partial charge < -0.3 is 10.2 Å². The molecule has 3 aromatic rings. The van der Waals surface area contributed by atoms with E-state index >= 15 is 0 Å². The average molecular weight is 420 g/mol. The summed E-state index contributed by atoms with van der Waals surface area (Å²) in [5.41, 5.74) is 2.23. The second kappa shape index (κ2) is 9.20. The van der Waals surface area contributed by atoms with Gasteiger partial charge in [-0.25, -0.2) is 14.4 Å². The van der Waals surface area contributed by atoms with Crippen molar-refractivity contribution in [3.63, 3.8) is 0 Å². The maximum Gasteiger partial charge on any atom is 0.223 e. The van der Waals surface area contributed by atoms with Crippen LogP contribution in [0.5, 0.6) is 0 Å². The molecule has 0 saturated carbocycles. The van der Waals surface area contributed by atoms with Gasteiger partial charge in [0.25, 0.3) is 0 Å². The zero-order valence-corrected chi connectivity index (χ0v) is 17.8. The predicted octanol–water partition coefficient (Wildman–Crippen LogP) is 5.13. The number of likely N-dealkylation sites (tertiary alicyclic amines) is 1. The number of halogens is 1. The Morgan fingerprint density at radius 2 is 2.00 bits per heavy atom. The molecule has 1 aliphatic heterocycles. The maximum absolute atomic E-state index is 13.7. The molecule has 7 heteroatoms. The summed E-state index contributed by atoms with van der Waals surface area (Å²) in [4.78, 5) is 28.3. The molecule has 1 aromatic carbocycles. The summed E-state index contributed by atoms with van der Waals surface area (Å²) in [5, 5.41) is 3.18. The van der Waals surface area contributed by atoms with Crippen LogP contribution in [0.2, 0.25) is 0 Å². The quantitative estimate of drug-likeness (QED) is 0.600. The van der Waals surface area contributed by atoms with E-state index in [2.05, 4.69) is 10.3 Å². The summed E-state index contributed by atoms with van der Waals surface area (Å²) in [7, 11) is 0. The topological polar surface area (TPSA) is 71.0 Å². The van der Waals surface area contributed by atoms with Crippen LogP contribution in [0.1, 0.15) is 45.0 Å². The molecule has 6 nitrogen and oxygen atoms in total. The first-order valence-electron chi connectivity index (χ1n) is 10.6. The number of amides is 1. The molecule has 3 heterocycles. The second-order valence-corrected chi connectivity index (χ2v) is 8.21. The third-order valence-corrected chi connectivity index (χ3v) is 5.27. The van der Waals surface area contributed by atoms with Crippen molar-refractivity contribution in [2.45, 2.75) is 39.2 Å². The minimum atomic E-state index is -0.324. The van der Waals surface area contributed by atoms with E-state index in [0.29, 0.717) is 36.2 Å². The molecule has 2 aromatic heterocycles. The van der Waals surface area contributed by atoms with Gasteiger partial charge in [-0.05, 0) is 49.1 Å². The molecule has 4 rings (SSSR count). The van der Waals surface area contributed by atoms with Gasteiger partial charge in [-0.3, -0.25) is 9.78 Å². The van der Waals surface area contributed by atoms with Crippen LogP contribution in [0.25, 0.3) is 11.3 Å². The molecule has 0 spiro atoms. The summed E-state index contributed by atoms with van der Waals surface area (Å²) in [6, 6.07) is 11.7. The van der Waals surface area contributed by atoms with E-state index < -0.39 is 0 Å². The van der Waals surface area contributed by atoms with Crippen molar-refractivity contribution < 1.29 is 9.18 Å². The van der Waals surface area contributed by atoms with Crippen LogP contribution < -0.4 is 5.32 Å². The number of pyridine rings is 1. The zero-order chi connectivity index (χ0) is 21.8. The number of carbonyl (C=O) groups excluding carboxylic acids is 1. The molecule has 1 N–H and O–H groups in total. The molecule has 0 aliphatic carbocycles. The van der Waals surface area contributed by atoms with Crippen LogP contribution in [0, 0.1) is 11.7 Å². The Bertz CT molecular complexity index is 1060. The smallest absolute Gasteiger partial charge is 0.223 e. The molecule has 1 saturated heterocycles. The fourth-order valence-corrected chi connectivity index (χ4v) is 3.86. The number of hydrogen-bond acceptors (Lipinski definition) is 5. The Morgan fingerprint density at radius 1 is 1.19 bits per heavy atom. The Balaban J connectivity index is 1.71. The molecule has 1 amide bonds. The molecule has 0 unspecified atom stereocenters. The van der Waals surface area contributed by atoms with Crippen molar-refractivity contribution in [1.29, 1.82) is 0 Å². The number of aromatic nitrogens is 3. The normalized spacial score (nSPS) is 16.0. The van der Waals surface area contributed by atoms with Gasteiger partial charge in [0.05, 0.1) is 11.7 Å². The molecule has 1 fully saturated rings. The fraction of sp³-hybridized carbons (Fsp3) is 0.333. The molecule has 1 aliphatic rings. The van der Waals surface area contributed by atoms with Crippen LogP contribution in [-0.2, 0) is 4.79 Å². The number of hydrogen-bond donors (Lipinski definition) is 1. The van der Waals surface area contributed by atoms with Crippen molar-refractivity contribution in [3.05, 3.63) is 66.5 Å². The Kier molecular flexibility index (Phi) is 6.21. The van der Waals surface area contributed by atoms with Crippen LogP contribution >= 0.6 is 0 Å². The molecular weight excluding hydrogens is 393 g/mol. The highest BCUT2D eigenvalue weighted by molar-refractivity contribution is 5.77. The summed E-state index contributed by atoms with van der Waals surface area (Å²) >= 11 is 0. The Labute approximate surface area is 181 Å². The summed E-state index contributed by atoms with van der Waals surface area (Å²) in [5.74, 6) is 1.27. The number of nitrogens with one attached hydrogen (secondary N) is 1. The number of rotatable bonds is 6. The van der Waals surface area contributed by atoms with E-state index in [-0.39, 0.29) is 17.8 Å². The highest BCUT2D eigenvalue weighted by atomic mass is 19.1. The van der Waals surface area contributed by atoms with Gasteiger partial charge in [0.1, 0.15) is 11.6 Å². The lowest BCUT2D eigenvalue weighted by atomic mass is 10.1. The monoisotopic (exact) mass is 419 g/mol. The van der Waals surface area contributed by atoms with Crippen molar-refractivity contribution in [2.24, 2.45) is 5.92 Å². The Morgan fingerprint density at radius 3 is 2.74 bits per heavy atom. The van der Waals surface area contributed by atoms with Gasteiger partial charge in [0.2, 0.25) is 5.91 Å². The number of anilines is 2. The van der Waals surface area contributed by atoms with Crippen molar-refractivity contribution in [3.8, 4) is 11.3 Å². The van der Waals surface area contributed by atoms with Crippen molar-refractivity contribution in [1.82, 2.24) is 19.9 Å². The van der Waals surface area contributed by atoms with E-state index in [9.17, 15) is 9.18 Å². The molecule has 1 atom stereocenters. The summed E-state index contributed by atoms with van der Waals surface area (Å²) < 4.78 is 13.7. The van der Waals surface area contributed by atoms with Gasteiger partial charge in [-0.1, -0.05) is 19.9 Å². The first-order valence-corrected chi connectivity index (χ1v) is 10.6. The SMILES string of the molecule is CC(C)CC(=O)N1CCC[C@H]1c1nc(Nc2cccc(F)c2)cc(-c2ccncc2)n1. The van der Waals surface area contributed by atoms with Crippen molar-refractivity contribution >= 4 is 17.4 Å². The lowest BCUT2D eigenvalue weighted by Crippen LogP contribution is -2.32. The highest BCUT2D eigenvalue weighted by Crippen LogP contribution is 2.33. The first kappa shape index (κ1) is 20.9. The lowest BCUT2D eigenvalue weighted by Gasteiger charge is -2.25. The third kappa shape index (κ3) is 5.05. The summed E-state index contributed by atoms with van der Waals surface area (Å²) in [6.07, 6.45) is 5.68. The number of benzene rings is 1. The van der Waals surface area contributed by atoms with E-state index in [1.807, 2.05) is 36.9 Å².